The summed E-state index contributed by atoms with van der Waals surface area (Å²) in [5.74, 6) is -0.465. The van der Waals surface area contributed by atoms with E-state index in [1.807, 2.05) is 30.3 Å². The molecule has 0 unspecified atom stereocenters. The Morgan fingerprint density at radius 3 is 2.60 bits per heavy atom. The molecule has 0 aliphatic heterocycles. The summed E-state index contributed by atoms with van der Waals surface area (Å²) in [4.78, 5) is 23.6. The summed E-state index contributed by atoms with van der Waals surface area (Å²) in [5, 5.41) is 4.25. The summed E-state index contributed by atoms with van der Waals surface area (Å²) in [6.45, 7) is 3.60. The maximum absolute atomic E-state index is 11.8. The summed E-state index contributed by atoms with van der Waals surface area (Å²) in [7, 11) is 0. The molecule has 5 heteroatoms. The summed E-state index contributed by atoms with van der Waals surface area (Å²) in [6.07, 6.45) is 0. The van der Waals surface area contributed by atoms with E-state index in [1.165, 1.54) is 6.07 Å². The molecule has 0 saturated carbocycles. The van der Waals surface area contributed by atoms with Crippen LogP contribution in [-0.4, -0.2) is 22.4 Å². The Labute approximate surface area is 116 Å². The Balaban J connectivity index is 2.39. The van der Waals surface area contributed by atoms with Gasteiger partial charge in [0.1, 0.15) is 0 Å². The van der Waals surface area contributed by atoms with Crippen molar-refractivity contribution in [2.75, 3.05) is 6.61 Å². The van der Waals surface area contributed by atoms with E-state index in [1.54, 1.807) is 19.9 Å². The lowest BCUT2D eigenvalue weighted by Gasteiger charge is -2.13. The van der Waals surface area contributed by atoms with Crippen molar-refractivity contribution >= 4 is 5.97 Å². The van der Waals surface area contributed by atoms with Gasteiger partial charge in [-0.3, -0.25) is 4.79 Å². The monoisotopic (exact) mass is 272 g/mol. The molecule has 0 aliphatic rings. The maximum atomic E-state index is 11.8. The molecule has 0 amide bonds. The first-order chi connectivity index (χ1) is 9.63. The Morgan fingerprint density at radius 2 is 1.95 bits per heavy atom. The van der Waals surface area contributed by atoms with E-state index in [2.05, 4.69) is 5.10 Å². The number of ether oxygens (including phenoxy) is 1. The number of hydrogen-bond acceptors (Lipinski definition) is 4. The summed E-state index contributed by atoms with van der Waals surface area (Å²) in [5.41, 5.74) is 1.20. The molecule has 0 spiro atoms. The van der Waals surface area contributed by atoms with Gasteiger partial charge in [0, 0.05) is 11.6 Å². The van der Waals surface area contributed by atoms with Crippen molar-refractivity contribution in [3.05, 3.63) is 52.8 Å². The molecule has 0 radical (unpaired) electrons. The summed E-state index contributed by atoms with van der Waals surface area (Å²) >= 11 is 0. The molecular weight excluding hydrogens is 256 g/mol. The minimum absolute atomic E-state index is 0.274. The van der Waals surface area contributed by atoms with E-state index < -0.39 is 12.0 Å². The molecule has 1 aromatic heterocycles. The van der Waals surface area contributed by atoms with Crippen LogP contribution in [0.3, 0.4) is 0 Å². The van der Waals surface area contributed by atoms with Gasteiger partial charge in [0.2, 0.25) is 0 Å². The second-order valence-electron chi connectivity index (χ2n) is 4.30. The molecule has 2 rings (SSSR count). The molecule has 20 heavy (non-hydrogen) atoms. The van der Waals surface area contributed by atoms with Gasteiger partial charge in [-0.2, -0.15) is 5.10 Å². The molecule has 0 N–H and O–H groups in total. The molecule has 1 heterocycles. The molecule has 0 saturated heterocycles. The molecule has 0 fully saturated rings. The quantitative estimate of drug-likeness (QED) is 0.799. The smallest absolute Gasteiger partial charge is 0.330 e. The highest BCUT2D eigenvalue weighted by atomic mass is 16.5. The lowest BCUT2D eigenvalue weighted by atomic mass is 10.1. The second-order valence-corrected chi connectivity index (χ2v) is 4.30. The van der Waals surface area contributed by atoms with Crippen LogP contribution in [-0.2, 0) is 9.53 Å². The molecule has 2 aromatic rings. The number of esters is 1. The number of carbonyl (C=O) groups excluding carboxylic acids is 1. The molecule has 1 aromatic carbocycles. The van der Waals surface area contributed by atoms with Crippen LogP contribution in [0.15, 0.2) is 47.3 Å². The molecule has 0 bridgehead atoms. The summed E-state index contributed by atoms with van der Waals surface area (Å²) in [6, 6.07) is 11.8. The van der Waals surface area contributed by atoms with Crippen molar-refractivity contribution in [1.82, 2.24) is 9.78 Å². The molecule has 104 valence electrons. The lowest BCUT2D eigenvalue weighted by molar-refractivity contribution is -0.147. The van der Waals surface area contributed by atoms with Gasteiger partial charge in [0.15, 0.2) is 6.04 Å². The van der Waals surface area contributed by atoms with Crippen LogP contribution in [0.1, 0.15) is 19.9 Å². The fourth-order valence-electron chi connectivity index (χ4n) is 1.83. The van der Waals surface area contributed by atoms with E-state index >= 15 is 0 Å². The highest BCUT2D eigenvalue weighted by Gasteiger charge is 2.18. The van der Waals surface area contributed by atoms with Crippen molar-refractivity contribution in [2.24, 2.45) is 0 Å². The second kappa shape index (κ2) is 6.14. The van der Waals surface area contributed by atoms with Crippen molar-refractivity contribution < 1.29 is 9.53 Å². The SMILES string of the molecule is CCOC(=O)[C@H](C)n1nc(-c2ccccc2)ccc1=O. The Bertz CT molecular complexity index is 650. The number of aromatic nitrogens is 2. The fraction of sp³-hybridized carbons (Fsp3) is 0.267. The van der Waals surface area contributed by atoms with E-state index in [9.17, 15) is 9.59 Å². The molecule has 1 atom stereocenters. The van der Waals surface area contributed by atoms with E-state index in [0.29, 0.717) is 5.69 Å². The van der Waals surface area contributed by atoms with Crippen LogP contribution in [0.4, 0.5) is 0 Å². The Hall–Kier alpha value is -2.43. The maximum Gasteiger partial charge on any atom is 0.330 e. The minimum atomic E-state index is -0.744. The highest BCUT2D eigenvalue weighted by molar-refractivity contribution is 5.73. The normalized spacial score (nSPS) is 11.9. The van der Waals surface area contributed by atoms with Gasteiger partial charge in [-0.05, 0) is 19.9 Å². The molecule has 0 aliphatic carbocycles. The van der Waals surface area contributed by atoms with E-state index in [0.717, 1.165) is 10.2 Å². The predicted octanol–water partition coefficient (Wildman–Crippen LogP) is 2.03. The first-order valence-corrected chi connectivity index (χ1v) is 6.45. The Kier molecular flexibility index (Phi) is 4.30. The first kappa shape index (κ1) is 14.0. The van der Waals surface area contributed by atoms with Gasteiger partial charge in [-0.1, -0.05) is 30.3 Å². The van der Waals surface area contributed by atoms with Gasteiger partial charge >= 0.3 is 5.97 Å². The van der Waals surface area contributed by atoms with E-state index in [-0.39, 0.29) is 12.2 Å². The average molecular weight is 272 g/mol. The predicted molar refractivity (Wildman–Crippen MR) is 75.3 cm³/mol. The van der Waals surface area contributed by atoms with Gasteiger partial charge < -0.3 is 4.74 Å². The average Bonchev–Trinajstić information content (AvgIpc) is 2.48. The number of carbonyl (C=O) groups is 1. The number of hydrogen-bond donors (Lipinski definition) is 0. The molecule has 5 nitrogen and oxygen atoms in total. The van der Waals surface area contributed by atoms with Crippen LogP contribution < -0.4 is 5.56 Å². The van der Waals surface area contributed by atoms with Crippen molar-refractivity contribution in [3.8, 4) is 11.3 Å². The summed E-state index contributed by atoms with van der Waals surface area (Å²) < 4.78 is 6.07. The van der Waals surface area contributed by atoms with Crippen molar-refractivity contribution in [3.63, 3.8) is 0 Å². The Morgan fingerprint density at radius 1 is 1.25 bits per heavy atom. The zero-order valence-electron chi connectivity index (χ0n) is 11.4. The largest absolute Gasteiger partial charge is 0.464 e. The third-order valence-electron chi connectivity index (χ3n) is 2.89. The van der Waals surface area contributed by atoms with Crippen molar-refractivity contribution in [1.29, 1.82) is 0 Å². The zero-order valence-corrected chi connectivity index (χ0v) is 11.4. The fourth-order valence-corrected chi connectivity index (χ4v) is 1.83. The van der Waals surface area contributed by atoms with Gasteiger partial charge in [0.25, 0.3) is 5.56 Å². The van der Waals surface area contributed by atoms with E-state index in [4.69, 9.17) is 4.74 Å². The topological polar surface area (TPSA) is 61.2 Å². The molecular formula is C15H16N2O3. The minimum Gasteiger partial charge on any atom is -0.464 e. The first-order valence-electron chi connectivity index (χ1n) is 6.45. The van der Waals surface area contributed by atoms with Crippen LogP contribution >= 0.6 is 0 Å². The van der Waals surface area contributed by atoms with Gasteiger partial charge in [-0.15, -0.1) is 0 Å². The van der Waals surface area contributed by atoms with Crippen LogP contribution in [0, 0.1) is 0 Å². The van der Waals surface area contributed by atoms with Gasteiger partial charge in [0.05, 0.1) is 12.3 Å². The standard InChI is InChI=1S/C15H16N2O3/c1-3-20-15(19)11(2)17-14(18)10-9-13(16-17)12-7-5-4-6-8-12/h4-11H,3H2,1-2H3/t11-/m0/s1. The van der Waals surface area contributed by atoms with Crippen LogP contribution in [0.2, 0.25) is 0 Å². The van der Waals surface area contributed by atoms with Crippen molar-refractivity contribution in [2.45, 2.75) is 19.9 Å². The van der Waals surface area contributed by atoms with Crippen LogP contribution in [0.5, 0.6) is 0 Å². The highest BCUT2D eigenvalue weighted by Crippen LogP contribution is 2.15. The zero-order chi connectivity index (χ0) is 14.5. The lowest BCUT2D eigenvalue weighted by Crippen LogP contribution is -2.31. The van der Waals surface area contributed by atoms with Crippen LogP contribution in [0.25, 0.3) is 11.3 Å². The van der Waals surface area contributed by atoms with Gasteiger partial charge in [-0.25, -0.2) is 9.48 Å². The third kappa shape index (κ3) is 2.93. The number of rotatable bonds is 4. The third-order valence-corrected chi connectivity index (χ3v) is 2.89. The number of benzene rings is 1. The number of nitrogens with zero attached hydrogens (tertiary/aromatic N) is 2.